The quantitative estimate of drug-likeness (QED) is 0.349. The van der Waals surface area contributed by atoms with Gasteiger partial charge >= 0.3 is 11.7 Å². The molecule has 0 aliphatic carbocycles. The van der Waals surface area contributed by atoms with Crippen molar-refractivity contribution in [3.05, 3.63) is 63.2 Å². The largest absolute Gasteiger partial charge is 0.500 e. The molecule has 4 amide bonds. The van der Waals surface area contributed by atoms with E-state index in [1.807, 2.05) is 0 Å². The number of rotatable bonds is 4. The lowest BCUT2D eigenvalue weighted by molar-refractivity contribution is -0.386. The number of imide groups is 2. The highest BCUT2D eigenvalue weighted by Gasteiger charge is 2.37. The zero-order chi connectivity index (χ0) is 21.3. The summed E-state index contributed by atoms with van der Waals surface area (Å²) in [7, 11) is 1.20. The normalized spacial score (nSPS) is 15.4. The van der Waals surface area contributed by atoms with Crippen molar-refractivity contribution < 1.29 is 29.2 Å². The number of ether oxygens (including phenoxy) is 1. The molecule has 0 atom stereocenters. The highest BCUT2D eigenvalue weighted by atomic mass is 16.6. The number of anilines is 1. The molecule has 148 valence electrons. The van der Waals surface area contributed by atoms with Crippen LogP contribution in [0.2, 0.25) is 0 Å². The molecule has 0 aromatic heterocycles. The molecule has 1 aliphatic heterocycles. The van der Waals surface area contributed by atoms with Gasteiger partial charge in [-0.05, 0) is 36.3 Å². The lowest BCUT2D eigenvalue weighted by Gasteiger charge is -2.27. The summed E-state index contributed by atoms with van der Waals surface area (Å²) >= 11 is 0. The molecule has 2 aromatic rings. The number of urea groups is 1. The van der Waals surface area contributed by atoms with E-state index in [1.54, 1.807) is 31.2 Å². The molecule has 1 fully saturated rings. The maximum atomic E-state index is 12.9. The van der Waals surface area contributed by atoms with Gasteiger partial charge in [0.1, 0.15) is 5.57 Å². The lowest BCUT2D eigenvalue weighted by atomic mass is 10.0. The number of nitro groups is 1. The summed E-state index contributed by atoms with van der Waals surface area (Å²) < 4.78 is 4.91. The van der Waals surface area contributed by atoms with Crippen molar-refractivity contribution in [3.63, 3.8) is 0 Å². The first-order valence-electron chi connectivity index (χ1n) is 8.27. The Morgan fingerprint density at radius 3 is 2.52 bits per heavy atom. The van der Waals surface area contributed by atoms with Crippen LogP contribution in [-0.2, 0) is 9.59 Å². The molecule has 0 unspecified atom stereocenters. The molecular formula is C19H15N3O7. The molecule has 0 spiro atoms. The first-order chi connectivity index (χ1) is 13.7. The van der Waals surface area contributed by atoms with E-state index in [4.69, 9.17) is 4.74 Å². The number of nitrogens with one attached hydrogen (secondary N) is 1. The van der Waals surface area contributed by atoms with Crippen LogP contribution >= 0.6 is 0 Å². The fraction of sp³-hybridized carbons (Fsp3) is 0.105. The highest BCUT2D eigenvalue weighted by molar-refractivity contribution is 6.39. The van der Waals surface area contributed by atoms with Gasteiger partial charge in [0.2, 0.25) is 5.75 Å². The predicted molar refractivity (Wildman–Crippen MR) is 101 cm³/mol. The van der Waals surface area contributed by atoms with Crippen LogP contribution in [0.3, 0.4) is 0 Å². The molecule has 2 N–H and O–H groups in total. The Labute approximate surface area is 164 Å². The van der Waals surface area contributed by atoms with E-state index in [1.165, 1.54) is 13.2 Å². The number of phenolic OH excluding ortho intramolecular Hbond substituents is 1. The Kier molecular flexibility index (Phi) is 5.01. The smallest absolute Gasteiger partial charge is 0.335 e. The highest BCUT2D eigenvalue weighted by Crippen LogP contribution is 2.37. The SMILES string of the molecule is COc1cc(/C=C2\C(=O)NC(=O)N(c3ccccc3C)C2=O)cc([N+](=O)[O-])c1O. The fourth-order valence-electron chi connectivity index (χ4n) is 2.85. The standard InChI is InChI=1S/C19H15N3O7/c1-10-5-3-4-6-13(10)21-18(25)12(17(24)20-19(21)26)7-11-8-14(22(27)28)16(23)15(9-11)29-2/h3-9,23H,1-2H3,(H,20,24,26)/b12-7+. The van der Waals surface area contributed by atoms with Gasteiger partial charge in [0.25, 0.3) is 11.8 Å². The Morgan fingerprint density at radius 2 is 1.90 bits per heavy atom. The van der Waals surface area contributed by atoms with Crippen molar-refractivity contribution in [1.82, 2.24) is 5.32 Å². The number of nitrogens with zero attached hydrogens (tertiary/aromatic N) is 2. The second-order valence-electron chi connectivity index (χ2n) is 6.09. The average Bonchev–Trinajstić information content (AvgIpc) is 2.67. The van der Waals surface area contributed by atoms with Crippen LogP contribution in [0.15, 0.2) is 42.0 Å². The number of barbiturate groups is 1. The van der Waals surface area contributed by atoms with Gasteiger partial charge in [0.15, 0.2) is 5.75 Å². The van der Waals surface area contributed by atoms with Crippen LogP contribution < -0.4 is 15.0 Å². The summed E-state index contributed by atoms with van der Waals surface area (Å²) in [6.07, 6.45) is 1.09. The molecule has 2 aromatic carbocycles. The first-order valence-corrected chi connectivity index (χ1v) is 8.27. The number of aromatic hydroxyl groups is 1. The van der Waals surface area contributed by atoms with Crippen LogP contribution in [0.5, 0.6) is 11.5 Å². The van der Waals surface area contributed by atoms with Crippen molar-refractivity contribution in [1.29, 1.82) is 0 Å². The number of hydrogen-bond acceptors (Lipinski definition) is 7. The Bertz CT molecular complexity index is 1090. The van der Waals surface area contributed by atoms with E-state index in [-0.39, 0.29) is 11.3 Å². The number of carbonyl (C=O) groups is 3. The molecule has 1 aliphatic rings. The predicted octanol–water partition coefficient (Wildman–Crippen LogP) is 2.28. The molecule has 1 heterocycles. The number of benzene rings is 2. The van der Waals surface area contributed by atoms with Gasteiger partial charge in [-0.2, -0.15) is 0 Å². The minimum atomic E-state index is -0.945. The monoisotopic (exact) mass is 397 g/mol. The van der Waals surface area contributed by atoms with E-state index >= 15 is 0 Å². The van der Waals surface area contributed by atoms with Gasteiger partial charge in [-0.1, -0.05) is 18.2 Å². The second kappa shape index (κ2) is 7.43. The summed E-state index contributed by atoms with van der Waals surface area (Å²) in [5.41, 5.74) is -0.0835. The van der Waals surface area contributed by atoms with Crippen molar-refractivity contribution in [2.24, 2.45) is 0 Å². The number of methoxy groups -OCH3 is 1. The summed E-state index contributed by atoms with van der Waals surface area (Å²) in [6.45, 7) is 1.70. The molecule has 29 heavy (non-hydrogen) atoms. The Morgan fingerprint density at radius 1 is 1.21 bits per heavy atom. The first kappa shape index (κ1) is 19.5. The van der Waals surface area contributed by atoms with E-state index in [9.17, 15) is 29.6 Å². The Balaban J connectivity index is 2.11. The van der Waals surface area contributed by atoms with Gasteiger partial charge < -0.3 is 9.84 Å². The van der Waals surface area contributed by atoms with Gasteiger partial charge in [-0.15, -0.1) is 0 Å². The van der Waals surface area contributed by atoms with Gasteiger partial charge in [0, 0.05) is 6.07 Å². The second-order valence-corrected chi connectivity index (χ2v) is 6.09. The number of amides is 4. The Hall–Kier alpha value is -4.21. The van der Waals surface area contributed by atoms with E-state index in [0.29, 0.717) is 11.3 Å². The molecule has 0 bridgehead atoms. The van der Waals surface area contributed by atoms with Crippen LogP contribution in [0.25, 0.3) is 6.08 Å². The van der Waals surface area contributed by atoms with Crippen molar-refractivity contribution in [2.45, 2.75) is 6.92 Å². The summed E-state index contributed by atoms with van der Waals surface area (Å²) in [5, 5.41) is 23.1. The molecule has 0 saturated carbocycles. The van der Waals surface area contributed by atoms with Crippen LogP contribution in [-0.4, -0.2) is 35.0 Å². The maximum absolute atomic E-state index is 12.9. The molecule has 10 nitrogen and oxygen atoms in total. The fourth-order valence-corrected chi connectivity index (χ4v) is 2.85. The third kappa shape index (κ3) is 3.50. The molecule has 0 radical (unpaired) electrons. The zero-order valence-electron chi connectivity index (χ0n) is 15.3. The third-order valence-corrected chi connectivity index (χ3v) is 4.26. The minimum Gasteiger partial charge on any atom is -0.500 e. The van der Waals surface area contributed by atoms with Gasteiger partial charge in [-0.3, -0.25) is 25.0 Å². The van der Waals surface area contributed by atoms with Crippen LogP contribution in [0.1, 0.15) is 11.1 Å². The zero-order valence-corrected chi connectivity index (χ0v) is 15.3. The number of hydrogen-bond donors (Lipinski definition) is 2. The molecular weight excluding hydrogens is 382 g/mol. The van der Waals surface area contributed by atoms with Crippen molar-refractivity contribution in [2.75, 3.05) is 12.0 Å². The number of carbonyl (C=O) groups excluding carboxylic acids is 3. The topological polar surface area (TPSA) is 139 Å². The minimum absolute atomic E-state index is 0.0592. The summed E-state index contributed by atoms with van der Waals surface area (Å²) in [6, 6.07) is 7.93. The number of nitro benzene ring substituents is 1. The number of phenols is 1. The van der Waals surface area contributed by atoms with E-state index in [2.05, 4.69) is 5.32 Å². The molecule has 3 rings (SSSR count). The summed E-state index contributed by atoms with van der Waals surface area (Å²) in [5.74, 6) is -2.72. The van der Waals surface area contributed by atoms with E-state index < -0.39 is 39.8 Å². The number of para-hydroxylation sites is 1. The molecule has 10 heteroatoms. The van der Waals surface area contributed by atoms with Crippen molar-refractivity contribution >= 4 is 35.3 Å². The average molecular weight is 397 g/mol. The van der Waals surface area contributed by atoms with Crippen LogP contribution in [0.4, 0.5) is 16.2 Å². The summed E-state index contributed by atoms with van der Waals surface area (Å²) in [4.78, 5) is 48.6. The molecule has 1 saturated heterocycles. The van der Waals surface area contributed by atoms with E-state index in [0.717, 1.165) is 17.0 Å². The van der Waals surface area contributed by atoms with Gasteiger partial charge in [-0.25, -0.2) is 9.69 Å². The van der Waals surface area contributed by atoms with Crippen molar-refractivity contribution in [3.8, 4) is 11.5 Å². The maximum Gasteiger partial charge on any atom is 0.335 e. The lowest BCUT2D eigenvalue weighted by Crippen LogP contribution is -2.54. The number of aryl methyl sites for hydroxylation is 1. The third-order valence-electron chi connectivity index (χ3n) is 4.26. The van der Waals surface area contributed by atoms with Gasteiger partial charge in [0.05, 0.1) is 17.7 Å². The van der Waals surface area contributed by atoms with Crippen LogP contribution in [0, 0.1) is 17.0 Å².